The number of anilines is 1. The zero-order chi connectivity index (χ0) is 13.3. The summed E-state index contributed by atoms with van der Waals surface area (Å²) >= 11 is 5.09. The van der Waals surface area contributed by atoms with Gasteiger partial charge in [-0.05, 0) is 30.9 Å². The normalized spacial score (nSPS) is 26.2. The van der Waals surface area contributed by atoms with Crippen LogP contribution in [0.5, 0.6) is 0 Å². The monoisotopic (exact) mass is 263 g/mol. The Bertz CT molecular complexity index is 468. The first-order valence-electron chi connectivity index (χ1n) is 5.95. The second-order valence-corrected chi connectivity index (χ2v) is 5.47. The fraction of sp³-hybridized carbons (Fsp3) is 0.462. The summed E-state index contributed by atoms with van der Waals surface area (Å²) in [5, 5.41) is 0. The van der Waals surface area contributed by atoms with Crippen molar-refractivity contribution < 1.29 is 4.79 Å². The molecule has 2 N–H and O–H groups in total. The highest BCUT2D eigenvalue weighted by molar-refractivity contribution is 7.80. The summed E-state index contributed by atoms with van der Waals surface area (Å²) in [5.41, 5.74) is 5.89. The number of rotatable bonds is 3. The molecule has 5 heteroatoms. The van der Waals surface area contributed by atoms with Gasteiger partial charge in [0.2, 0.25) is 5.91 Å². The summed E-state index contributed by atoms with van der Waals surface area (Å²) in [4.78, 5) is 18.5. The summed E-state index contributed by atoms with van der Waals surface area (Å²) in [6, 6.07) is 3.65. The maximum absolute atomic E-state index is 12.6. The Hall–Kier alpha value is -1.49. The smallest absolute Gasteiger partial charge is 0.239 e. The van der Waals surface area contributed by atoms with Gasteiger partial charge in [0.25, 0.3) is 0 Å². The van der Waals surface area contributed by atoms with Crippen molar-refractivity contribution in [2.75, 3.05) is 11.9 Å². The van der Waals surface area contributed by atoms with E-state index in [-0.39, 0.29) is 5.91 Å². The molecule has 1 aromatic heterocycles. The van der Waals surface area contributed by atoms with Crippen LogP contribution >= 0.6 is 12.2 Å². The molecular formula is C13H17N3OS. The van der Waals surface area contributed by atoms with Crippen LogP contribution in [0, 0.1) is 11.3 Å². The third-order valence-electron chi connectivity index (χ3n) is 3.61. The van der Waals surface area contributed by atoms with Crippen molar-refractivity contribution in [3.05, 3.63) is 24.5 Å². The van der Waals surface area contributed by atoms with Gasteiger partial charge in [-0.15, -0.1) is 0 Å². The minimum absolute atomic E-state index is 0.0268. The van der Waals surface area contributed by atoms with E-state index in [0.29, 0.717) is 10.9 Å². The van der Waals surface area contributed by atoms with Crippen molar-refractivity contribution in [1.29, 1.82) is 0 Å². The second kappa shape index (κ2) is 4.65. The molecule has 2 rings (SSSR count). The maximum atomic E-state index is 12.6. The third kappa shape index (κ3) is 1.99. The van der Waals surface area contributed by atoms with E-state index in [1.807, 2.05) is 6.07 Å². The van der Waals surface area contributed by atoms with Crippen molar-refractivity contribution in [2.24, 2.45) is 17.1 Å². The first kappa shape index (κ1) is 13.0. The van der Waals surface area contributed by atoms with E-state index in [2.05, 4.69) is 11.9 Å². The Morgan fingerprint density at radius 3 is 2.72 bits per heavy atom. The van der Waals surface area contributed by atoms with Gasteiger partial charge in [-0.25, -0.2) is 0 Å². The standard InChI is InChI=1S/C13H17N3OS/c1-9-6-13(7-9,11(14)18)12(17)16(2)10-4-3-5-15-8-10/h3-5,8-9H,6-7H2,1-2H3,(H2,14,18). The van der Waals surface area contributed by atoms with Crippen molar-refractivity contribution in [3.8, 4) is 0 Å². The molecule has 0 bridgehead atoms. The highest BCUT2D eigenvalue weighted by Gasteiger charge is 2.52. The molecule has 18 heavy (non-hydrogen) atoms. The number of carbonyl (C=O) groups is 1. The molecule has 0 atom stereocenters. The number of hydrogen-bond donors (Lipinski definition) is 1. The van der Waals surface area contributed by atoms with E-state index >= 15 is 0 Å². The average Bonchev–Trinajstić information content (AvgIpc) is 2.33. The van der Waals surface area contributed by atoms with Gasteiger partial charge in [-0.2, -0.15) is 0 Å². The molecule has 4 nitrogen and oxygen atoms in total. The van der Waals surface area contributed by atoms with Gasteiger partial charge >= 0.3 is 0 Å². The molecule has 0 unspecified atom stereocenters. The van der Waals surface area contributed by atoms with Gasteiger partial charge in [-0.1, -0.05) is 19.1 Å². The van der Waals surface area contributed by atoms with Gasteiger partial charge in [-0.3, -0.25) is 9.78 Å². The quantitative estimate of drug-likeness (QED) is 0.844. The number of pyridine rings is 1. The zero-order valence-electron chi connectivity index (χ0n) is 10.6. The first-order chi connectivity index (χ1) is 8.47. The van der Waals surface area contributed by atoms with Crippen molar-refractivity contribution in [1.82, 2.24) is 4.98 Å². The molecule has 1 aliphatic rings. The molecule has 0 spiro atoms. The number of nitrogens with two attached hydrogens (primary N) is 1. The van der Waals surface area contributed by atoms with Gasteiger partial charge in [0.1, 0.15) is 0 Å². The lowest BCUT2D eigenvalue weighted by molar-refractivity contribution is -0.129. The largest absolute Gasteiger partial charge is 0.392 e. The SMILES string of the molecule is CC1CC(C(=O)N(C)c2cccnc2)(C(N)=S)C1. The second-order valence-electron chi connectivity index (χ2n) is 5.04. The molecule has 1 amide bonds. The molecule has 1 saturated carbocycles. The van der Waals surface area contributed by atoms with Crippen LogP contribution in [0.2, 0.25) is 0 Å². The predicted octanol–water partition coefficient (Wildman–Crippen LogP) is 1.75. The molecule has 1 heterocycles. The molecular weight excluding hydrogens is 246 g/mol. The van der Waals surface area contributed by atoms with Gasteiger partial charge in [0, 0.05) is 13.2 Å². The summed E-state index contributed by atoms with van der Waals surface area (Å²) in [6.45, 7) is 2.11. The molecule has 96 valence electrons. The molecule has 0 radical (unpaired) electrons. The van der Waals surface area contributed by atoms with Crippen molar-refractivity contribution >= 4 is 28.8 Å². The number of thiocarbonyl (C=S) groups is 1. The lowest BCUT2D eigenvalue weighted by Crippen LogP contribution is -2.56. The summed E-state index contributed by atoms with van der Waals surface area (Å²) in [7, 11) is 1.74. The molecule has 1 aliphatic carbocycles. The number of hydrogen-bond acceptors (Lipinski definition) is 3. The van der Waals surface area contributed by atoms with Crippen LogP contribution in [0.4, 0.5) is 5.69 Å². The van der Waals surface area contributed by atoms with Crippen LogP contribution in [0.1, 0.15) is 19.8 Å². The topological polar surface area (TPSA) is 59.2 Å². The Morgan fingerprint density at radius 1 is 1.61 bits per heavy atom. The van der Waals surface area contributed by atoms with Crippen LogP contribution in [-0.2, 0) is 4.79 Å². The minimum Gasteiger partial charge on any atom is -0.392 e. The lowest BCUT2D eigenvalue weighted by atomic mass is 9.61. The van der Waals surface area contributed by atoms with E-state index in [0.717, 1.165) is 18.5 Å². The summed E-state index contributed by atoms with van der Waals surface area (Å²) < 4.78 is 0. The molecule has 1 fully saturated rings. The minimum atomic E-state index is -0.653. The third-order valence-corrected chi connectivity index (χ3v) is 4.00. The highest BCUT2D eigenvalue weighted by atomic mass is 32.1. The predicted molar refractivity (Wildman–Crippen MR) is 75.3 cm³/mol. The molecule has 1 aromatic rings. The first-order valence-corrected chi connectivity index (χ1v) is 6.36. The fourth-order valence-electron chi connectivity index (χ4n) is 2.60. The van der Waals surface area contributed by atoms with E-state index in [9.17, 15) is 4.79 Å². The van der Waals surface area contributed by atoms with Crippen LogP contribution in [0.25, 0.3) is 0 Å². The fourth-order valence-corrected chi connectivity index (χ4v) is 2.86. The highest BCUT2D eigenvalue weighted by Crippen LogP contribution is 2.47. The summed E-state index contributed by atoms with van der Waals surface area (Å²) in [6.07, 6.45) is 4.82. The number of amides is 1. The molecule has 0 saturated heterocycles. The van der Waals surface area contributed by atoms with Gasteiger partial charge < -0.3 is 10.6 Å². The lowest BCUT2D eigenvalue weighted by Gasteiger charge is -2.45. The Balaban J connectivity index is 2.23. The summed E-state index contributed by atoms with van der Waals surface area (Å²) in [5.74, 6) is 0.471. The van der Waals surface area contributed by atoms with Crippen LogP contribution in [0.15, 0.2) is 24.5 Å². The number of aromatic nitrogens is 1. The van der Waals surface area contributed by atoms with E-state index < -0.39 is 5.41 Å². The van der Waals surface area contributed by atoms with E-state index in [4.69, 9.17) is 18.0 Å². The van der Waals surface area contributed by atoms with Crippen molar-refractivity contribution in [3.63, 3.8) is 0 Å². The maximum Gasteiger partial charge on any atom is 0.239 e. The molecule has 0 aliphatic heterocycles. The van der Waals surface area contributed by atoms with Crippen molar-refractivity contribution in [2.45, 2.75) is 19.8 Å². The Labute approximate surface area is 112 Å². The Morgan fingerprint density at radius 2 is 2.28 bits per heavy atom. The number of nitrogens with zero attached hydrogens (tertiary/aromatic N) is 2. The van der Waals surface area contributed by atoms with E-state index in [1.165, 1.54) is 0 Å². The Kier molecular flexibility index (Phi) is 3.34. The average molecular weight is 263 g/mol. The van der Waals surface area contributed by atoms with Crippen LogP contribution in [0.3, 0.4) is 0 Å². The van der Waals surface area contributed by atoms with Crippen LogP contribution in [-0.4, -0.2) is 22.9 Å². The van der Waals surface area contributed by atoms with Gasteiger partial charge in [0.05, 0.1) is 22.3 Å². The zero-order valence-corrected chi connectivity index (χ0v) is 11.4. The van der Waals surface area contributed by atoms with E-state index in [1.54, 1.807) is 30.4 Å². The van der Waals surface area contributed by atoms with Crippen LogP contribution < -0.4 is 10.6 Å². The van der Waals surface area contributed by atoms with Gasteiger partial charge in [0.15, 0.2) is 0 Å². The number of carbonyl (C=O) groups excluding carboxylic acids is 1. The molecule has 0 aromatic carbocycles.